The zero-order valence-electron chi connectivity index (χ0n) is 30.5. The number of aliphatic carboxylic acids is 1. The Kier molecular flexibility index (Phi) is 17.0. The fraction of sp³-hybridized carbons (Fsp3) is 0.368. The zero-order chi connectivity index (χ0) is 41.2. The van der Waals surface area contributed by atoms with Gasteiger partial charge in [0.2, 0.25) is 11.8 Å². The minimum atomic E-state index is -1.30. The third kappa shape index (κ3) is 13.3. The summed E-state index contributed by atoms with van der Waals surface area (Å²) in [5.74, 6) is -7.36. The number of benzene rings is 3. The molecule has 56 heavy (non-hydrogen) atoms. The first-order valence-corrected chi connectivity index (χ1v) is 17.9. The normalized spacial score (nSPS) is 11.2. The van der Waals surface area contributed by atoms with E-state index in [1.807, 2.05) is 0 Å². The highest BCUT2D eigenvalue weighted by molar-refractivity contribution is 6.00. The fourth-order valence-electron chi connectivity index (χ4n) is 5.46. The monoisotopic (exact) mass is 781 g/mol. The highest BCUT2D eigenvalue weighted by atomic mass is 16.4. The molecule has 3 rings (SSSR count). The quantitative estimate of drug-likeness (QED) is 0.0515. The summed E-state index contributed by atoms with van der Waals surface area (Å²) in [7, 11) is 0. The minimum Gasteiger partial charge on any atom is -0.504 e. The summed E-state index contributed by atoms with van der Waals surface area (Å²) in [6.45, 7) is 0.934. The number of unbranched alkanes of at least 4 members (excludes halogenated alkanes) is 2. The molecule has 0 aliphatic carbocycles. The van der Waals surface area contributed by atoms with Crippen molar-refractivity contribution in [2.24, 2.45) is 0 Å². The maximum absolute atomic E-state index is 13.2. The van der Waals surface area contributed by atoms with E-state index in [1.165, 1.54) is 59.5 Å². The number of carboxylic acid groups (broad SMARTS) is 1. The third-order valence-corrected chi connectivity index (χ3v) is 8.57. The molecule has 18 nitrogen and oxygen atoms in total. The number of carbonyl (C=O) groups excluding carboxylic acids is 5. The number of aromatic hydroxyl groups is 6. The van der Waals surface area contributed by atoms with Gasteiger partial charge in [0.25, 0.3) is 17.7 Å². The molecule has 5 amide bonds. The molecule has 0 aromatic heterocycles. The van der Waals surface area contributed by atoms with Gasteiger partial charge in [0, 0.05) is 45.6 Å². The lowest BCUT2D eigenvalue weighted by atomic mass is 10.1. The number of amides is 5. The second-order valence-corrected chi connectivity index (χ2v) is 12.7. The first-order valence-electron chi connectivity index (χ1n) is 17.9. The molecule has 0 heterocycles. The maximum Gasteiger partial charge on any atom is 0.326 e. The van der Waals surface area contributed by atoms with Crippen molar-refractivity contribution in [1.82, 2.24) is 26.2 Å². The second-order valence-electron chi connectivity index (χ2n) is 12.7. The van der Waals surface area contributed by atoms with Crippen LogP contribution in [0, 0.1) is 0 Å². The molecule has 302 valence electrons. The van der Waals surface area contributed by atoms with Gasteiger partial charge in [0.15, 0.2) is 34.5 Å². The van der Waals surface area contributed by atoms with E-state index in [0.29, 0.717) is 32.1 Å². The Morgan fingerprint density at radius 1 is 0.536 bits per heavy atom. The van der Waals surface area contributed by atoms with Crippen molar-refractivity contribution >= 4 is 35.5 Å². The molecule has 0 spiro atoms. The van der Waals surface area contributed by atoms with Crippen molar-refractivity contribution in [2.45, 2.75) is 57.4 Å². The highest BCUT2D eigenvalue weighted by Crippen LogP contribution is 2.29. The molecule has 0 fully saturated rings. The molecule has 3 aromatic rings. The van der Waals surface area contributed by atoms with Crippen molar-refractivity contribution in [3.8, 4) is 34.5 Å². The summed E-state index contributed by atoms with van der Waals surface area (Å²) in [4.78, 5) is 76.3. The van der Waals surface area contributed by atoms with E-state index >= 15 is 0 Å². The first-order chi connectivity index (χ1) is 26.7. The van der Waals surface area contributed by atoms with Crippen LogP contribution in [0.4, 0.5) is 0 Å². The maximum atomic E-state index is 13.2. The van der Waals surface area contributed by atoms with Crippen LogP contribution in [0.5, 0.6) is 34.5 Å². The van der Waals surface area contributed by atoms with Gasteiger partial charge in [-0.05, 0) is 74.9 Å². The Balaban J connectivity index is 1.45. The Labute approximate surface area is 321 Å². The van der Waals surface area contributed by atoms with Crippen LogP contribution < -0.4 is 21.3 Å². The Morgan fingerprint density at radius 3 is 1.50 bits per heavy atom. The van der Waals surface area contributed by atoms with E-state index < -0.39 is 70.1 Å². The number of phenols is 6. The van der Waals surface area contributed by atoms with Crippen LogP contribution in [0.2, 0.25) is 0 Å². The zero-order valence-corrected chi connectivity index (χ0v) is 30.5. The highest BCUT2D eigenvalue weighted by Gasteiger charge is 2.23. The third-order valence-electron chi connectivity index (χ3n) is 8.57. The number of nitrogens with one attached hydrogen (secondary N) is 4. The number of carboxylic acids is 1. The number of phenolic OH excluding ortho intramolecular Hbond substituents is 6. The molecule has 0 aliphatic rings. The van der Waals surface area contributed by atoms with Crippen LogP contribution in [0.15, 0.2) is 54.6 Å². The first kappa shape index (κ1) is 43.7. The van der Waals surface area contributed by atoms with Gasteiger partial charge >= 0.3 is 5.97 Å². The van der Waals surface area contributed by atoms with Gasteiger partial charge in [-0.3, -0.25) is 24.0 Å². The van der Waals surface area contributed by atoms with Gasteiger partial charge in [-0.1, -0.05) is 18.2 Å². The van der Waals surface area contributed by atoms with Crippen LogP contribution in [-0.2, 0) is 14.4 Å². The standard InChI is InChI=1S/C38H47N5O13/c44-27-13-5-9-23(32(27)49)35(52)40-19-3-4-21-43(22-8-20-41-36(53)24-10-6-14-28(45)33(24)50)31(48)17-16-30(47)39-18-2-1-12-26(38(55)56)42-37(54)25-11-7-15-29(46)34(25)51/h5-7,9-11,13-15,26,44-46,49-51H,1-4,8,12,16-22H2,(H,39,47)(H,40,52)(H,41,53)(H,42,54)(H,55,56)/t26-/m0/s1. The van der Waals surface area contributed by atoms with E-state index in [-0.39, 0.29) is 74.6 Å². The molecule has 18 heteroatoms. The predicted molar refractivity (Wildman–Crippen MR) is 199 cm³/mol. The summed E-state index contributed by atoms with van der Waals surface area (Å²) >= 11 is 0. The lowest BCUT2D eigenvalue weighted by Gasteiger charge is -2.23. The molecule has 0 saturated carbocycles. The van der Waals surface area contributed by atoms with Crippen molar-refractivity contribution in [1.29, 1.82) is 0 Å². The summed E-state index contributed by atoms with van der Waals surface area (Å²) in [5, 5.41) is 78.5. The lowest BCUT2D eigenvalue weighted by molar-refractivity contribution is -0.139. The fourth-order valence-corrected chi connectivity index (χ4v) is 5.46. The van der Waals surface area contributed by atoms with Crippen molar-refractivity contribution in [3.63, 3.8) is 0 Å². The molecular weight excluding hydrogens is 734 g/mol. The molecule has 0 unspecified atom stereocenters. The van der Waals surface area contributed by atoms with Gasteiger partial charge in [-0.15, -0.1) is 0 Å². The summed E-state index contributed by atoms with van der Waals surface area (Å²) in [6, 6.07) is 10.4. The Hall–Kier alpha value is -6.72. The number of rotatable bonds is 22. The van der Waals surface area contributed by atoms with Crippen LogP contribution in [0.25, 0.3) is 0 Å². The van der Waals surface area contributed by atoms with E-state index in [4.69, 9.17) is 0 Å². The van der Waals surface area contributed by atoms with Crippen LogP contribution in [-0.4, -0.2) is 115 Å². The van der Waals surface area contributed by atoms with Gasteiger partial charge in [0.05, 0.1) is 16.7 Å². The second kappa shape index (κ2) is 21.9. The van der Waals surface area contributed by atoms with Crippen LogP contribution in [0.1, 0.15) is 82.4 Å². The Morgan fingerprint density at radius 2 is 0.982 bits per heavy atom. The molecular formula is C38H47N5O13. The van der Waals surface area contributed by atoms with Gasteiger partial charge in [-0.25, -0.2) is 4.79 Å². The molecule has 1 atom stereocenters. The summed E-state index contributed by atoms with van der Waals surface area (Å²) in [5.41, 5.74) is -0.502. The predicted octanol–water partition coefficient (Wildman–Crippen LogP) is 2.03. The summed E-state index contributed by atoms with van der Waals surface area (Å²) in [6.07, 6.45) is 1.58. The molecule has 0 saturated heterocycles. The molecule has 0 radical (unpaired) electrons. The minimum absolute atomic E-state index is 0.0153. The summed E-state index contributed by atoms with van der Waals surface area (Å²) < 4.78 is 0. The molecule has 3 aromatic carbocycles. The number of hydrogen-bond donors (Lipinski definition) is 11. The van der Waals surface area contributed by atoms with Gasteiger partial charge in [-0.2, -0.15) is 0 Å². The molecule has 0 bridgehead atoms. The molecule has 0 aliphatic heterocycles. The number of nitrogens with zero attached hydrogens (tertiary/aromatic N) is 1. The topological polar surface area (TPSA) is 295 Å². The number of para-hydroxylation sites is 3. The van der Waals surface area contributed by atoms with Crippen LogP contribution >= 0.6 is 0 Å². The largest absolute Gasteiger partial charge is 0.504 e. The van der Waals surface area contributed by atoms with Crippen molar-refractivity contribution < 1.29 is 64.5 Å². The number of carbonyl (C=O) groups is 6. The smallest absolute Gasteiger partial charge is 0.326 e. The van der Waals surface area contributed by atoms with Crippen LogP contribution in [0.3, 0.4) is 0 Å². The Bertz CT molecular complexity index is 1870. The van der Waals surface area contributed by atoms with Gasteiger partial charge in [0.1, 0.15) is 6.04 Å². The van der Waals surface area contributed by atoms with E-state index in [9.17, 15) is 64.5 Å². The van der Waals surface area contributed by atoms with Crippen molar-refractivity contribution in [3.05, 3.63) is 71.3 Å². The molecule has 11 N–H and O–H groups in total. The lowest BCUT2D eigenvalue weighted by Crippen LogP contribution is -2.40. The average Bonchev–Trinajstić information content (AvgIpc) is 3.16. The number of hydrogen-bond acceptors (Lipinski definition) is 12. The van der Waals surface area contributed by atoms with Gasteiger partial charge < -0.3 is 61.9 Å². The van der Waals surface area contributed by atoms with E-state index in [0.717, 1.165) is 0 Å². The average molecular weight is 782 g/mol. The van der Waals surface area contributed by atoms with E-state index in [1.54, 1.807) is 0 Å². The van der Waals surface area contributed by atoms with Crippen molar-refractivity contribution in [2.75, 3.05) is 32.7 Å². The van der Waals surface area contributed by atoms with E-state index in [2.05, 4.69) is 21.3 Å². The SMILES string of the molecule is O=C(CCC(=O)N(CCCCNC(=O)c1cccc(O)c1O)CCCNC(=O)c1cccc(O)c1O)NCCCC[C@H](NC(=O)c1cccc(O)c1O)C(=O)O.